The summed E-state index contributed by atoms with van der Waals surface area (Å²) in [4.78, 5) is 3.23. The van der Waals surface area contributed by atoms with Crippen molar-refractivity contribution in [1.82, 2.24) is 15.5 Å². The summed E-state index contributed by atoms with van der Waals surface area (Å²) in [7, 11) is 0. The predicted molar refractivity (Wildman–Crippen MR) is 227 cm³/mol. The van der Waals surface area contributed by atoms with Gasteiger partial charge in [0.1, 0.15) is 18.0 Å². The van der Waals surface area contributed by atoms with Gasteiger partial charge in [-0.1, -0.05) is 89.5 Å². The van der Waals surface area contributed by atoms with E-state index in [9.17, 15) is 0 Å². The summed E-state index contributed by atoms with van der Waals surface area (Å²) >= 11 is 0. The molecule has 0 radical (unpaired) electrons. The van der Waals surface area contributed by atoms with Crippen LogP contribution in [0.4, 0.5) is 0 Å². The number of hydrogen-bond acceptors (Lipinski definition) is 5. The number of quaternary nitrogens is 1. The van der Waals surface area contributed by atoms with Gasteiger partial charge in [-0.2, -0.15) is 0 Å². The minimum absolute atomic E-state index is 0.294. The molecule has 57 heavy (non-hydrogen) atoms. The van der Waals surface area contributed by atoms with E-state index in [1.165, 1.54) is 192 Å². The highest BCUT2D eigenvalue weighted by atomic mass is 16.5. The van der Waals surface area contributed by atoms with Crippen molar-refractivity contribution < 1.29 is 14.8 Å². The summed E-state index contributed by atoms with van der Waals surface area (Å²) in [6.45, 7) is 0. The molecular weight excluding hydrogens is 701 g/mol. The number of nitrogens with two attached hydrogens (primary N) is 1. The lowest BCUT2D eigenvalue weighted by Crippen LogP contribution is -3.06. The smallest absolute Gasteiger partial charge is 0.168 e. The topological polar surface area (TPSA) is 62.4 Å². The second-order valence-corrected chi connectivity index (χ2v) is 22.6. The minimum atomic E-state index is 0.294. The maximum absolute atomic E-state index is 7.80. The number of likely N-dealkylation sites (tertiary alicyclic amines) is 1. The SMILES string of the molecule is C1=C(C2NC(C3=C4OC5C(CCC6C7CCCCC7N(C7CCCCC7)C65)C4CCC3)[NH2+]C(C3CCCC4OC5CCCCC5C43)N2)CC(C2CCCCC2)CC1. The first-order valence-corrected chi connectivity index (χ1v) is 26.2. The number of nitrogens with one attached hydrogen (secondary N) is 2. The van der Waals surface area contributed by atoms with Crippen molar-refractivity contribution in [2.45, 2.75) is 241 Å². The highest BCUT2D eigenvalue weighted by molar-refractivity contribution is 5.27. The standard InChI is InChI=1S/C51H80N4O2/c1-3-14-31(15-4-1)32-16-11-17-33(30-32)49-52-50(40-23-13-27-44-45(40)39-21-8-10-26-43(39)56-44)54-51(53-49)41-24-12-22-37-38-29-28-36-35-20-7-9-25-42(35)55(34-18-5-2-6-19-34)46(36)48(38)57-47(37)41/h17,31-32,34-40,42-46,48-54H,1-16,18-30H2/p+1. The average Bonchev–Trinajstić information content (AvgIpc) is 3.97. The fourth-order valence-corrected chi connectivity index (χ4v) is 17.8. The maximum Gasteiger partial charge on any atom is 0.168 e. The third-order valence-corrected chi connectivity index (χ3v) is 20.1. The Balaban J connectivity index is 0.866. The van der Waals surface area contributed by atoms with E-state index in [2.05, 4.69) is 26.9 Å². The third kappa shape index (κ3) is 6.71. The third-order valence-electron chi connectivity index (χ3n) is 20.1. The summed E-state index contributed by atoms with van der Waals surface area (Å²) < 4.78 is 14.8. The van der Waals surface area contributed by atoms with Crippen LogP contribution in [0, 0.1) is 53.3 Å². The minimum Gasteiger partial charge on any atom is -0.492 e. The number of rotatable bonds is 5. The molecule has 16 unspecified atom stereocenters. The molecule has 6 heteroatoms. The van der Waals surface area contributed by atoms with Gasteiger partial charge in [0.2, 0.25) is 0 Å². The lowest BCUT2D eigenvalue weighted by atomic mass is 9.66. The molecule has 12 aliphatic rings. The van der Waals surface area contributed by atoms with Crippen LogP contribution in [0.15, 0.2) is 23.0 Å². The normalized spacial score (nSPS) is 49.5. The van der Waals surface area contributed by atoms with Crippen molar-refractivity contribution in [3.05, 3.63) is 23.0 Å². The van der Waals surface area contributed by atoms with E-state index < -0.39 is 0 Å². The lowest BCUT2D eigenvalue weighted by molar-refractivity contribution is -0.742. The zero-order valence-corrected chi connectivity index (χ0v) is 35.8. The molecule has 4 aliphatic heterocycles. The zero-order chi connectivity index (χ0) is 37.5. The second kappa shape index (κ2) is 16.1. The second-order valence-electron chi connectivity index (χ2n) is 22.6. The highest BCUT2D eigenvalue weighted by Crippen LogP contribution is 2.59. The van der Waals surface area contributed by atoms with E-state index in [1.807, 2.05) is 0 Å². The van der Waals surface area contributed by atoms with Gasteiger partial charge in [-0.05, 0) is 138 Å². The van der Waals surface area contributed by atoms with E-state index in [0.717, 1.165) is 53.5 Å². The Morgan fingerprint density at radius 3 is 2.25 bits per heavy atom. The molecule has 6 nitrogen and oxygen atoms in total. The fraction of sp³-hybridized carbons (Fsp3) is 0.922. The molecule has 6 saturated carbocycles. The van der Waals surface area contributed by atoms with Crippen LogP contribution in [0.2, 0.25) is 0 Å². The molecule has 4 saturated heterocycles. The number of nitrogens with zero attached hydrogens (tertiary/aromatic N) is 1. The van der Waals surface area contributed by atoms with Gasteiger partial charge in [-0.25, -0.2) is 10.6 Å². The Morgan fingerprint density at radius 1 is 0.596 bits per heavy atom. The molecule has 4 heterocycles. The first-order chi connectivity index (χ1) is 28.3. The van der Waals surface area contributed by atoms with Crippen LogP contribution in [-0.2, 0) is 9.47 Å². The van der Waals surface area contributed by atoms with Crippen molar-refractivity contribution in [2.24, 2.45) is 53.3 Å². The van der Waals surface area contributed by atoms with Crippen LogP contribution in [0.1, 0.15) is 186 Å². The summed E-state index contributed by atoms with van der Waals surface area (Å²) in [5.74, 6) is 8.81. The molecule has 10 fully saturated rings. The monoisotopic (exact) mass is 782 g/mol. The zero-order valence-electron chi connectivity index (χ0n) is 35.8. The molecule has 316 valence electrons. The quantitative estimate of drug-likeness (QED) is 0.243. The number of ether oxygens (including phenoxy) is 2. The van der Waals surface area contributed by atoms with Gasteiger partial charge < -0.3 is 14.8 Å². The van der Waals surface area contributed by atoms with E-state index in [1.54, 1.807) is 11.1 Å². The predicted octanol–water partition coefficient (Wildman–Crippen LogP) is 9.46. The van der Waals surface area contributed by atoms with Gasteiger partial charge in [0.25, 0.3) is 0 Å². The van der Waals surface area contributed by atoms with Crippen LogP contribution in [0.25, 0.3) is 0 Å². The van der Waals surface area contributed by atoms with Crippen LogP contribution >= 0.6 is 0 Å². The molecule has 4 N–H and O–H groups in total. The maximum atomic E-state index is 7.80. The molecule has 0 amide bonds. The number of allylic oxidation sites excluding steroid dienone is 2. The number of hydrogen-bond donors (Lipinski definition) is 3. The van der Waals surface area contributed by atoms with Gasteiger partial charge in [-0.3, -0.25) is 4.90 Å². The van der Waals surface area contributed by atoms with Crippen molar-refractivity contribution in [2.75, 3.05) is 0 Å². The summed E-state index contributed by atoms with van der Waals surface area (Å²) in [5, 5.41) is 11.7. The molecule has 8 aliphatic carbocycles. The highest BCUT2D eigenvalue weighted by Gasteiger charge is 2.62. The van der Waals surface area contributed by atoms with E-state index >= 15 is 0 Å². The van der Waals surface area contributed by atoms with Crippen molar-refractivity contribution >= 4 is 0 Å². The number of fused-ring (bicyclic) bond motifs is 10. The van der Waals surface area contributed by atoms with Gasteiger partial charge >= 0.3 is 0 Å². The molecular formula is C51H81N4O2+. The molecule has 0 aromatic heterocycles. The van der Waals surface area contributed by atoms with E-state index in [0.29, 0.717) is 54.7 Å². The van der Waals surface area contributed by atoms with Crippen LogP contribution in [-0.4, -0.2) is 59.8 Å². The summed E-state index contributed by atoms with van der Waals surface area (Å²) in [6.07, 6.45) is 46.2. The van der Waals surface area contributed by atoms with Gasteiger partial charge in [0.05, 0.1) is 24.4 Å². The van der Waals surface area contributed by atoms with Gasteiger partial charge in [0, 0.05) is 41.3 Å². The van der Waals surface area contributed by atoms with Crippen molar-refractivity contribution in [3.8, 4) is 0 Å². The Bertz CT molecular complexity index is 1500. The summed E-state index contributed by atoms with van der Waals surface area (Å²) in [5.41, 5.74) is 3.41. The summed E-state index contributed by atoms with van der Waals surface area (Å²) in [6, 6.07) is 2.35. The van der Waals surface area contributed by atoms with Gasteiger partial charge in [0.15, 0.2) is 6.17 Å². The molecule has 0 bridgehead atoms. The molecule has 16 atom stereocenters. The Kier molecular flexibility index (Phi) is 10.7. The molecule has 0 aromatic carbocycles. The van der Waals surface area contributed by atoms with Gasteiger partial charge in [-0.15, -0.1) is 0 Å². The Hall–Kier alpha value is -0.920. The van der Waals surface area contributed by atoms with Crippen LogP contribution in [0.5, 0.6) is 0 Å². The van der Waals surface area contributed by atoms with Crippen LogP contribution in [0.3, 0.4) is 0 Å². The van der Waals surface area contributed by atoms with E-state index in [-0.39, 0.29) is 0 Å². The van der Waals surface area contributed by atoms with Crippen molar-refractivity contribution in [3.63, 3.8) is 0 Å². The molecule has 0 spiro atoms. The lowest BCUT2D eigenvalue weighted by Gasteiger charge is -2.46. The molecule has 12 rings (SSSR count). The average molecular weight is 782 g/mol. The van der Waals surface area contributed by atoms with E-state index in [4.69, 9.17) is 9.47 Å². The molecule has 0 aromatic rings. The largest absolute Gasteiger partial charge is 0.492 e. The Labute approximate surface area is 346 Å². The Morgan fingerprint density at radius 2 is 1.35 bits per heavy atom. The first-order valence-electron chi connectivity index (χ1n) is 26.2. The first kappa shape index (κ1) is 37.8. The fourth-order valence-electron chi connectivity index (χ4n) is 17.8. The van der Waals surface area contributed by atoms with Crippen LogP contribution < -0.4 is 16.0 Å². The van der Waals surface area contributed by atoms with Crippen molar-refractivity contribution in [1.29, 1.82) is 0 Å².